The normalized spacial score (nSPS) is 15.9. The fourth-order valence-electron chi connectivity index (χ4n) is 1.26. The summed E-state index contributed by atoms with van der Waals surface area (Å²) in [4.78, 5) is 24.8. The van der Waals surface area contributed by atoms with E-state index in [-0.39, 0.29) is 11.6 Å². The molecule has 1 aromatic heterocycles. The molecule has 0 atom stereocenters. The Morgan fingerprint density at radius 3 is 2.50 bits per heavy atom. The topological polar surface area (TPSA) is 82.9 Å². The summed E-state index contributed by atoms with van der Waals surface area (Å²) in [5.41, 5.74) is 4.43. The highest BCUT2D eigenvalue weighted by Crippen LogP contribution is 2.06. The molecule has 2 amide bonds. The highest BCUT2D eigenvalue weighted by atomic mass is 16.2. The third kappa shape index (κ3) is 1.74. The van der Waals surface area contributed by atoms with Crippen LogP contribution in [0.5, 0.6) is 0 Å². The maximum Gasteiger partial charge on any atom is 0.360 e. The van der Waals surface area contributed by atoms with Crippen molar-refractivity contribution in [1.82, 2.24) is 20.4 Å². The van der Waals surface area contributed by atoms with Crippen molar-refractivity contribution in [3.05, 3.63) is 34.2 Å². The van der Waals surface area contributed by atoms with Crippen LogP contribution in [0, 0.1) is 0 Å². The third-order valence-electron chi connectivity index (χ3n) is 2.09. The number of hydrazone groups is 1. The van der Waals surface area contributed by atoms with Crippen LogP contribution in [-0.4, -0.2) is 41.0 Å². The number of carbonyl (C=O) groups excluding carboxylic acids is 1. The second-order valence-electron chi connectivity index (χ2n) is 3.29. The molecular weight excluding hydrogens is 210 g/mol. The van der Waals surface area contributed by atoms with Gasteiger partial charge in [-0.05, 0) is 6.07 Å². The van der Waals surface area contributed by atoms with Gasteiger partial charge in [-0.3, -0.25) is 4.79 Å². The van der Waals surface area contributed by atoms with Crippen LogP contribution in [0.25, 0.3) is 0 Å². The average molecular weight is 220 g/mol. The van der Waals surface area contributed by atoms with Crippen LogP contribution in [0.1, 0.15) is 5.56 Å². The Kier molecular flexibility index (Phi) is 2.35. The first-order chi connectivity index (χ1) is 7.58. The lowest BCUT2D eigenvalue weighted by Crippen LogP contribution is -2.48. The van der Waals surface area contributed by atoms with Gasteiger partial charge in [-0.1, -0.05) is 0 Å². The predicted octanol–water partition coefficient (Wildman–Crippen LogP) is -0.447. The van der Waals surface area contributed by atoms with E-state index in [2.05, 4.69) is 15.5 Å². The van der Waals surface area contributed by atoms with Gasteiger partial charge in [0.05, 0.1) is 0 Å². The Labute approximate surface area is 91.3 Å². The summed E-state index contributed by atoms with van der Waals surface area (Å²) < 4.78 is 0. The van der Waals surface area contributed by atoms with Crippen molar-refractivity contribution in [2.75, 3.05) is 14.1 Å². The van der Waals surface area contributed by atoms with E-state index in [1.165, 1.54) is 22.3 Å². The van der Waals surface area contributed by atoms with Crippen molar-refractivity contribution in [2.45, 2.75) is 0 Å². The van der Waals surface area contributed by atoms with Gasteiger partial charge in [0.25, 0.3) is 0 Å². The van der Waals surface area contributed by atoms with Crippen molar-refractivity contribution in [3.8, 4) is 0 Å². The van der Waals surface area contributed by atoms with Crippen molar-refractivity contribution in [3.63, 3.8) is 0 Å². The molecular formula is C9H10N5O2. The number of amides is 2. The standard InChI is InChI=1S/C9H10N5O2/c1-13-9(16)14(2)12-8(11-13)6-3-4-7(15)10-5-6/h3-5H,1-2H3,(H,10,15). The van der Waals surface area contributed by atoms with Gasteiger partial charge in [0.1, 0.15) is 0 Å². The SMILES string of the molecule is CN1[N]C(c2ccc(=O)[nH]c2)=NN(C)C1=O. The summed E-state index contributed by atoms with van der Waals surface area (Å²) in [5.74, 6) is 0.376. The van der Waals surface area contributed by atoms with Gasteiger partial charge in [-0.25, -0.2) is 14.8 Å². The highest BCUT2D eigenvalue weighted by molar-refractivity contribution is 6.00. The molecule has 0 saturated heterocycles. The maximum absolute atomic E-state index is 11.3. The Bertz CT molecular complexity index is 486. The van der Waals surface area contributed by atoms with E-state index in [4.69, 9.17) is 0 Å². The molecule has 1 aromatic rings. The van der Waals surface area contributed by atoms with Crippen LogP contribution in [0.2, 0.25) is 0 Å². The summed E-state index contributed by atoms with van der Waals surface area (Å²) >= 11 is 0. The minimum atomic E-state index is -0.312. The number of nitrogens with zero attached hydrogens (tertiary/aromatic N) is 4. The average Bonchev–Trinajstić information content (AvgIpc) is 2.26. The smallest absolute Gasteiger partial charge is 0.328 e. The number of H-pyrrole nitrogens is 1. The van der Waals surface area contributed by atoms with Crippen LogP contribution in [0.4, 0.5) is 4.79 Å². The van der Waals surface area contributed by atoms with Gasteiger partial charge in [0.15, 0.2) is 0 Å². The lowest BCUT2D eigenvalue weighted by molar-refractivity contribution is 0.155. The summed E-state index contributed by atoms with van der Waals surface area (Å²) in [6.45, 7) is 0. The Morgan fingerprint density at radius 2 is 1.94 bits per heavy atom. The number of rotatable bonds is 1. The molecule has 1 radical (unpaired) electrons. The van der Waals surface area contributed by atoms with E-state index in [9.17, 15) is 9.59 Å². The number of hydrogen-bond donors (Lipinski definition) is 1. The molecule has 1 aliphatic rings. The number of pyridine rings is 1. The van der Waals surface area contributed by atoms with Gasteiger partial charge in [-0.15, -0.1) is 10.5 Å². The summed E-state index contributed by atoms with van der Waals surface area (Å²) in [5, 5.41) is 6.36. The molecule has 83 valence electrons. The number of aromatic amines is 1. The molecule has 2 heterocycles. The molecule has 0 aromatic carbocycles. The number of amidine groups is 1. The van der Waals surface area contributed by atoms with Gasteiger partial charge in [0, 0.05) is 31.9 Å². The van der Waals surface area contributed by atoms with Crippen LogP contribution < -0.4 is 11.0 Å². The zero-order valence-electron chi connectivity index (χ0n) is 8.84. The van der Waals surface area contributed by atoms with E-state index < -0.39 is 0 Å². The molecule has 7 nitrogen and oxygen atoms in total. The van der Waals surface area contributed by atoms with Crippen molar-refractivity contribution >= 4 is 11.9 Å². The molecule has 0 aliphatic carbocycles. The fourth-order valence-corrected chi connectivity index (χ4v) is 1.26. The van der Waals surface area contributed by atoms with Gasteiger partial charge in [-0.2, -0.15) is 0 Å². The summed E-state index contributed by atoms with van der Waals surface area (Å²) in [6, 6.07) is 2.66. The van der Waals surface area contributed by atoms with E-state index in [0.29, 0.717) is 11.4 Å². The molecule has 1 N–H and O–H groups in total. The third-order valence-corrected chi connectivity index (χ3v) is 2.09. The van der Waals surface area contributed by atoms with Crippen LogP contribution in [0.3, 0.4) is 0 Å². The minimum Gasteiger partial charge on any atom is -0.328 e. The minimum absolute atomic E-state index is 0.196. The Hall–Kier alpha value is -2.31. The van der Waals surface area contributed by atoms with E-state index in [0.717, 1.165) is 0 Å². The highest BCUT2D eigenvalue weighted by Gasteiger charge is 2.24. The monoisotopic (exact) mass is 220 g/mol. The molecule has 1 aliphatic heterocycles. The maximum atomic E-state index is 11.3. The number of nitrogens with one attached hydrogen (secondary N) is 1. The lowest BCUT2D eigenvalue weighted by Gasteiger charge is -2.26. The summed E-state index contributed by atoms with van der Waals surface area (Å²) in [6.07, 6.45) is 1.50. The first-order valence-corrected chi connectivity index (χ1v) is 4.59. The molecule has 0 spiro atoms. The fraction of sp³-hybridized carbons (Fsp3) is 0.222. The van der Waals surface area contributed by atoms with Gasteiger partial charge < -0.3 is 4.98 Å². The van der Waals surface area contributed by atoms with Crippen LogP contribution in [-0.2, 0) is 0 Å². The molecule has 0 fully saturated rings. The molecule has 0 saturated carbocycles. The van der Waals surface area contributed by atoms with Crippen LogP contribution >= 0.6 is 0 Å². The number of hydrogen-bond acceptors (Lipinski definition) is 3. The van der Waals surface area contributed by atoms with Crippen molar-refractivity contribution in [1.29, 1.82) is 0 Å². The zero-order valence-corrected chi connectivity index (χ0v) is 8.84. The van der Waals surface area contributed by atoms with E-state index in [1.54, 1.807) is 20.2 Å². The zero-order chi connectivity index (χ0) is 11.7. The number of urea groups is 1. The Balaban J connectivity index is 2.35. The predicted molar refractivity (Wildman–Crippen MR) is 56.7 cm³/mol. The van der Waals surface area contributed by atoms with Crippen molar-refractivity contribution in [2.24, 2.45) is 5.10 Å². The number of aromatic nitrogens is 1. The molecule has 0 unspecified atom stereocenters. The lowest BCUT2D eigenvalue weighted by atomic mass is 10.2. The first kappa shape index (κ1) is 10.2. The van der Waals surface area contributed by atoms with Gasteiger partial charge in [0.2, 0.25) is 11.4 Å². The van der Waals surface area contributed by atoms with E-state index >= 15 is 0 Å². The number of carbonyl (C=O) groups is 1. The second kappa shape index (κ2) is 3.69. The largest absolute Gasteiger partial charge is 0.360 e. The second-order valence-corrected chi connectivity index (χ2v) is 3.29. The molecule has 0 bridgehead atoms. The first-order valence-electron chi connectivity index (χ1n) is 4.59. The quantitative estimate of drug-likeness (QED) is 0.695. The van der Waals surface area contributed by atoms with Gasteiger partial charge >= 0.3 is 6.03 Å². The molecule has 7 heteroatoms. The molecule has 16 heavy (non-hydrogen) atoms. The molecule has 2 rings (SSSR count). The van der Waals surface area contributed by atoms with Crippen LogP contribution in [0.15, 0.2) is 28.2 Å². The van der Waals surface area contributed by atoms with E-state index in [1.807, 2.05) is 0 Å². The summed E-state index contributed by atoms with van der Waals surface area (Å²) in [7, 11) is 3.08. The van der Waals surface area contributed by atoms with Crippen molar-refractivity contribution < 1.29 is 4.79 Å². The Morgan fingerprint density at radius 1 is 1.19 bits per heavy atom.